The second-order valence-corrected chi connectivity index (χ2v) is 15.0. The normalized spacial score (nSPS) is 11.8. The molecule has 0 unspecified atom stereocenters. The average Bonchev–Trinajstić information content (AvgIpc) is 3.35. The minimum atomic E-state index is -0.500. The summed E-state index contributed by atoms with van der Waals surface area (Å²) in [5.41, 5.74) is 6.10. The highest BCUT2D eigenvalue weighted by atomic mass is 16.5. The van der Waals surface area contributed by atoms with Crippen molar-refractivity contribution in [3.05, 3.63) is 215 Å². The first-order valence-corrected chi connectivity index (χ1v) is 22.3. The van der Waals surface area contributed by atoms with Gasteiger partial charge in [0.15, 0.2) is 0 Å². The molecule has 0 aliphatic carbocycles. The van der Waals surface area contributed by atoms with Gasteiger partial charge in [0.25, 0.3) is 0 Å². The van der Waals surface area contributed by atoms with E-state index in [4.69, 9.17) is 28.4 Å². The van der Waals surface area contributed by atoms with E-state index in [1.165, 1.54) is 33.4 Å². The first-order chi connectivity index (χ1) is 31.3. The van der Waals surface area contributed by atoms with Crippen molar-refractivity contribution in [3.8, 4) is 0 Å². The lowest BCUT2D eigenvalue weighted by Gasteiger charge is -2.37. The Morgan fingerprint density at radius 3 is 0.651 bits per heavy atom. The van der Waals surface area contributed by atoms with Crippen LogP contribution in [0.1, 0.15) is 33.4 Å². The molecule has 9 nitrogen and oxygen atoms in total. The number of hydrogen-bond donors (Lipinski definition) is 3. The molecule has 0 spiro atoms. The van der Waals surface area contributed by atoms with Gasteiger partial charge in [0.05, 0.1) is 90.4 Å². The molecule has 332 valence electrons. The van der Waals surface area contributed by atoms with E-state index in [1.54, 1.807) is 0 Å². The third kappa shape index (κ3) is 14.5. The van der Waals surface area contributed by atoms with E-state index in [2.05, 4.69) is 198 Å². The highest BCUT2D eigenvalue weighted by Gasteiger charge is 2.36. The second-order valence-electron chi connectivity index (χ2n) is 15.0. The van der Waals surface area contributed by atoms with Gasteiger partial charge < -0.3 is 33.7 Å². The second kappa shape index (κ2) is 27.9. The highest BCUT2D eigenvalue weighted by Crippen LogP contribution is 2.38. The minimum absolute atomic E-state index is 0.500. The summed E-state index contributed by atoms with van der Waals surface area (Å²) in [5.74, 6) is 0. The van der Waals surface area contributed by atoms with Crippen LogP contribution in [0.15, 0.2) is 182 Å². The predicted octanol–water partition coefficient (Wildman–Crippen LogP) is 7.84. The zero-order valence-corrected chi connectivity index (χ0v) is 36.6. The molecule has 3 N–H and O–H groups in total. The third-order valence-corrected chi connectivity index (χ3v) is 10.8. The van der Waals surface area contributed by atoms with Crippen LogP contribution in [0.5, 0.6) is 0 Å². The van der Waals surface area contributed by atoms with Gasteiger partial charge in [-0.05, 0) is 33.4 Å². The Balaban J connectivity index is 0.740. The van der Waals surface area contributed by atoms with Gasteiger partial charge in [0.1, 0.15) is 0 Å². The Hall–Kier alpha value is -5.04. The van der Waals surface area contributed by atoms with Gasteiger partial charge in [-0.2, -0.15) is 0 Å². The molecule has 0 bridgehead atoms. The molecule has 63 heavy (non-hydrogen) atoms. The molecule has 0 saturated carbocycles. The Labute approximate surface area is 375 Å². The molecule has 0 heterocycles. The molecule has 0 aliphatic heterocycles. The first-order valence-electron chi connectivity index (χ1n) is 22.3. The molecule has 6 aromatic carbocycles. The van der Waals surface area contributed by atoms with Crippen molar-refractivity contribution < 1.29 is 28.4 Å². The van der Waals surface area contributed by atoms with Crippen LogP contribution >= 0.6 is 0 Å². The number of ether oxygens (including phenoxy) is 6. The molecule has 6 aromatic rings. The third-order valence-electron chi connectivity index (χ3n) is 10.8. The summed E-state index contributed by atoms with van der Waals surface area (Å²) >= 11 is 0. The highest BCUT2D eigenvalue weighted by molar-refractivity contribution is 5.50. The van der Waals surface area contributed by atoms with E-state index < -0.39 is 11.1 Å². The van der Waals surface area contributed by atoms with Crippen molar-refractivity contribution >= 4 is 0 Å². The Morgan fingerprint density at radius 2 is 0.429 bits per heavy atom. The summed E-state index contributed by atoms with van der Waals surface area (Å²) in [6.45, 7) is 9.44. The summed E-state index contributed by atoms with van der Waals surface area (Å²) in [6, 6.07) is 63.6. The molecule has 0 aromatic heterocycles. The maximum absolute atomic E-state index is 5.95. The van der Waals surface area contributed by atoms with Crippen LogP contribution in [-0.2, 0) is 39.5 Å². The van der Waals surface area contributed by atoms with Crippen LogP contribution in [0.25, 0.3) is 0 Å². The van der Waals surface area contributed by atoms with E-state index >= 15 is 0 Å². The predicted molar refractivity (Wildman–Crippen MR) is 252 cm³/mol. The molecule has 0 atom stereocenters. The topological polar surface area (TPSA) is 91.5 Å². The molecular weight excluding hydrogens is 787 g/mol. The molecule has 6 rings (SSSR count). The van der Waals surface area contributed by atoms with Gasteiger partial charge in [0, 0.05) is 26.2 Å². The van der Waals surface area contributed by atoms with Crippen molar-refractivity contribution in [2.75, 3.05) is 105 Å². The fraction of sp³-hybridized carbons (Fsp3) is 0.333. The largest absolute Gasteiger partial charge is 0.378 e. The summed E-state index contributed by atoms with van der Waals surface area (Å²) in [6.07, 6.45) is 0. The van der Waals surface area contributed by atoms with E-state index in [1.807, 2.05) is 0 Å². The average molecular weight is 852 g/mol. The van der Waals surface area contributed by atoms with Crippen LogP contribution in [0, 0.1) is 0 Å². The Bertz CT molecular complexity index is 1690. The molecule has 0 saturated heterocycles. The van der Waals surface area contributed by atoms with Gasteiger partial charge in [-0.1, -0.05) is 182 Å². The van der Waals surface area contributed by atoms with Crippen LogP contribution in [0.2, 0.25) is 0 Å². The Kier molecular flexibility index (Phi) is 21.0. The monoisotopic (exact) mass is 851 g/mol. The fourth-order valence-corrected chi connectivity index (χ4v) is 7.86. The lowest BCUT2D eigenvalue weighted by molar-refractivity contribution is 0.0123. The van der Waals surface area contributed by atoms with Crippen LogP contribution < -0.4 is 16.0 Å². The quantitative estimate of drug-likeness (QED) is 0.0290. The van der Waals surface area contributed by atoms with Gasteiger partial charge in [-0.15, -0.1) is 0 Å². The molecular formula is C54H65N3O6. The van der Waals surface area contributed by atoms with Gasteiger partial charge in [-0.3, -0.25) is 10.6 Å². The summed E-state index contributed by atoms with van der Waals surface area (Å²) in [4.78, 5) is 0. The fourth-order valence-electron chi connectivity index (χ4n) is 7.86. The number of rotatable bonds is 32. The standard InChI is InChI=1S/C54H65N3O6/c1-7-19-47(20-8-1)53(48-21-9-2-10-22-48,49-23-11-3-12-24-49)56-33-37-60-41-45-62-43-39-58-35-31-55-32-36-59-40-44-63-46-42-61-38-34-57-54(50-25-13-4-14-26-50,51-27-15-5-16-28-51)52-29-17-6-18-30-52/h1-30,55-57H,31-46H2. The molecule has 0 amide bonds. The lowest BCUT2D eigenvalue weighted by Crippen LogP contribution is -2.46. The maximum Gasteiger partial charge on any atom is 0.0948 e. The van der Waals surface area contributed by atoms with Gasteiger partial charge in [-0.25, -0.2) is 0 Å². The SMILES string of the molecule is c1ccc(C(NCCOCCOCCOCCNCCOCCOCCOCCNC(c2ccccc2)(c2ccccc2)c2ccccc2)(c2ccccc2)c2ccccc2)cc1. The van der Waals surface area contributed by atoms with E-state index in [0.29, 0.717) is 92.4 Å². The zero-order chi connectivity index (χ0) is 43.4. The van der Waals surface area contributed by atoms with E-state index in [9.17, 15) is 0 Å². The molecule has 0 radical (unpaired) electrons. The van der Waals surface area contributed by atoms with Crippen molar-refractivity contribution in [1.29, 1.82) is 0 Å². The van der Waals surface area contributed by atoms with Crippen LogP contribution in [0.3, 0.4) is 0 Å². The van der Waals surface area contributed by atoms with Crippen molar-refractivity contribution in [2.45, 2.75) is 11.1 Å². The molecule has 0 fully saturated rings. The first kappa shape index (κ1) is 47.4. The maximum atomic E-state index is 5.95. The number of hydrogen-bond acceptors (Lipinski definition) is 9. The number of nitrogens with one attached hydrogen (secondary N) is 3. The van der Waals surface area contributed by atoms with Gasteiger partial charge >= 0.3 is 0 Å². The van der Waals surface area contributed by atoms with Crippen molar-refractivity contribution in [1.82, 2.24) is 16.0 Å². The van der Waals surface area contributed by atoms with Gasteiger partial charge in [0.2, 0.25) is 0 Å². The van der Waals surface area contributed by atoms with E-state index in [-0.39, 0.29) is 0 Å². The van der Waals surface area contributed by atoms with Crippen molar-refractivity contribution in [3.63, 3.8) is 0 Å². The lowest BCUT2D eigenvalue weighted by atomic mass is 9.77. The van der Waals surface area contributed by atoms with Crippen LogP contribution in [0.4, 0.5) is 0 Å². The number of benzene rings is 6. The van der Waals surface area contributed by atoms with Crippen LogP contribution in [-0.4, -0.2) is 105 Å². The summed E-state index contributed by atoms with van der Waals surface area (Å²) < 4.78 is 34.8. The van der Waals surface area contributed by atoms with Crippen molar-refractivity contribution in [2.24, 2.45) is 0 Å². The molecule has 0 aliphatic rings. The van der Waals surface area contributed by atoms with E-state index in [0.717, 1.165) is 13.1 Å². The molecule has 9 heteroatoms. The Morgan fingerprint density at radius 1 is 0.238 bits per heavy atom. The zero-order valence-electron chi connectivity index (χ0n) is 36.6. The summed E-state index contributed by atoms with van der Waals surface area (Å²) in [7, 11) is 0. The smallest absolute Gasteiger partial charge is 0.0948 e. The minimum Gasteiger partial charge on any atom is -0.378 e. The summed E-state index contributed by atoms with van der Waals surface area (Å²) in [5, 5.41) is 11.0.